The quantitative estimate of drug-likeness (QED) is 0.624. The van der Waals surface area contributed by atoms with E-state index in [2.05, 4.69) is 0 Å². The highest BCUT2D eigenvalue weighted by Crippen LogP contribution is 2.20. The van der Waals surface area contributed by atoms with E-state index < -0.39 is 0 Å². The van der Waals surface area contributed by atoms with Gasteiger partial charge >= 0.3 is 0 Å². The van der Waals surface area contributed by atoms with Crippen molar-refractivity contribution in [1.82, 2.24) is 0 Å². The molecule has 0 aromatic heterocycles. The zero-order chi connectivity index (χ0) is 8.10. The molecule has 66 valence electrons. The summed E-state index contributed by atoms with van der Waals surface area (Å²) in [6.07, 6.45) is 1.85. The van der Waals surface area contributed by atoms with Gasteiger partial charge in [0.1, 0.15) is 0 Å². The molecule has 3 nitrogen and oxygen atoms in total. The molecular weight excluding hydrogens is 144 g/mol. The predicted octanol–water partition coefficient (Wildman–Crippen LogP) is 1.52. The highest BCUT2D eigenvalue weighted by Gasteiger charge is 2.25. The SMILES string of the molecule is CCO[C@H]1CC[C@@H](OCC)O1. The van der Waals surface area contributed by atoms with Gasteiger partial charge in [0.25, 0.3) is 0 Å². The molecule has 0 bridgehead atoms. The molecule has 0 radical (unpaired) electrons. The van der Waals surface area contributed by atoms with Gasteiger partial charge in [0.05, 0.1) is 0 Å². The molecule has 0 spiro atoms. The maximum absolute atomic E-state index is 5.40. The Morgan fingerprint density at radius 1 is 1.09 bits per heavy atom. The van der Waals surface area contributed by atoms with Crippen molar-refractivity contribution in [3.63, 3.8) is 0 Å². The summed E-state index contributed by atoms with van der Waals surface area (Å²) in [4.78, 5) is 0. The molecule has 1 rings (SSSR count). The molecule has 11 heavy (non-hydrogen) atoms. The second kappa shape index (κ2) is 4.70. The minimum Gasteiger partial charge on any atom is -0.353 e. The molecule has 3 heteroatoms. The normalized spacial score (nSPS) is 31.1. The fraction of sp³-hybridized carbons (Fsp3) is 1.00. The number of ether oxygens (including phenoxy) is 3. The van der Waals surface area contributed by atoms with Gasteiger partial charge in [-0.25, -0.2) is 0 Å². The van der Waals surface area contributed by atoms with Gasteiger partial charge in [0, 0.05) is 26.1 Å². The zero-order valence-electron chi connectivity index (χ0n) is 7.21. The third kappa shape index (κ3) is 2.77. The van der Waals surface area contributed by atoms with E-state index >= 15 is 0 Å². The monoisotopic (exact) mass is 160 g/mol. The molecule has 0 unspecified atom stereocenters. The van der Waals surface area contributed by atoms with E-state index in [9.17, 15) is 0 Å². The van der Waals surface area contributed by atoms with Crippen LogP contribution in [0.15, 0.2) is 0 Å². The molecule has 2 atom stereocenters. The zero-order valence-corrected chi connectivity index (χ0v) is 7.21. The standard InChI is InChI=1S/C8H16O3/c1-3-9-7-5-6-8(11-7)10-4-2/h7-8H,3-6H2,1-2H3/t7-,8+. The molecule has 1 heterocycles. The molecule has 0 amide bonds. The topological polar surface area (TPSA) is 27.7 Å². The Labute approximate surface area is 67.6 Å². The summed E-state index contributed by atoms with van der Waals surface area (Å²) in [6.45, 7) is 5.36. The fourth-order valence-electron chi connectivity index (χ4n) is 1.19. The van der Waals surface area contributed by atoms with Gasteiger partial charge in [0.15, 0.2) is 12.6 Å². The maximum Gasteiger partial charge on any atom is 0.160 e. The number of hydrogen-bond acceptors (Lipinski definition) is 3. The van der Waals surface area contributed by atoms with Gasteiger partial charge in [-0.05, 0) is 13.8 Å². The first-order chi connectivity index (χ1) is 5.36. The highest BCUT2D eigenvalue weighted by molar-refractivity contribution is 4.59. The summed E-state index contributed by atoms with van der Waals surface area (Å²) in [5, 5.41) is 0. The molecule has 1 saturated heterocycles. The lowest BCUT2D eigenvalue weighted by Crippen LogP contribution is -2.16. The van der Waals surface area contributed by atoms with Crippen LogP contribution in [0.3, 0.4) is 0 Å². The van der Waals surface area contributed by atoms with E-state index in [-0.39, 0.29) is 12.6 Å². The van der Waals surface area contributed by atoms with Crippen molar-refractivity contribution in [3.8, 4) is 0 Å². The van der Waals surface area contributed by atoms with E-state index in [1.165, 1.54) is 0 Å². The Bertz CT molecular complexity index is 93.5. The van der Waals surface area contributed by atoms with Crippen LogP contribution in [0.1, 0.15) is 26.7 Å². The molecule has 0 aromatic carbocycles. The molecule has 0 aromatic rings. The molecular formula is C8H16O3. The van der Waals surface area contributed by atoms with Crippen molar-refractivity contribution < 1.29 is 14.2 Å². The minimum atomic E-state index is -0.0310. The van der Waals surface area contributed by atoms with Crippen LogP contribution in [0.5, 0.6) is 0 Å². The highest BCUT2D eigenvalue weighted by atomic mass is 16.8. The smallest absolute Gasteiger partial charge is 0.160 e. The van der Waals surface area contributed by atoms with Crippen LogP contribution in [0, 0.1) is 0 Å². The van der Waals surface area contributed by atoms with Crippen molar-refractivity contribution >= 4 is 0 Å². The molecule has 1 fully saturated rings. The Kier molecular flexibility index (Phi) is 3.83. The average Bonchev–Trinajstić information content (AvgIpc) is 2.38. The molecule has 0 aliphatic carbocycles. The fourth-order valence-corrected chi connectivity index (χ4v) is 1.19. The van der Waals surface area contributed by atoms with E-state index in [1.54, 1.807) is 0 Å². The van der Waals surface area contributed by atoms with E-state index in [1.807, 2.05) is 13.8 Å². The molecule has 0 N–H and O–H groups in total. The maximum atomic E-state index is 5.40. The van der Waals surface area contributed by atoms with Crippen molar-refractivity contribution in [3.05, 3.63) is 0 Å². The lowest BCUT2D eigenvalue weighted by atomic mass is 10.3. The first-order valence-corrected chi connectivity index (χ1v) is 4.25. The van der Waals surface area contributed by atoms with Crippen LogP contribution in [-0.4, -0.2) is 25.8 Å². The number of hydrogen-bond donors (Lipinski definition) is 0. The van der Waals surface area contributed by atoms with Crippen molar-refractivity contribution in [2.24, 2.45) is 0 Å². The van der Waals surface area contributed by atoms with Crippen LogP contribution >= 0.6 is 0 Å². The third-order valence-corrected chi connectivity index (χ3v) is 1.65. The summed E-state index contributed by atoms with van der Waals surface area (Å²) in [5.41, 5.74) is 0. The predicted molar refractivity (Wildman–Crippen MR) is 41.1 cm³/mol. The Morgan fingerprint density at radius 2 is 1.55 bits per heavy atom. The lowest BCUT2D eigenvalue weighted by molar-refractivity contribution is -0.201. The number of rotatable bonds is 4. The Balaban J connectivity index is 2.12. The Morgan fingerprint density at radius 3 is 1.91 bits per heavy atom. The second-order valence-electron chi connectivity index (χ2n) is 2.48. The van der Waals surface area contributed by atoms with Crippen molar-refractivity contribution in [2.45, 2.75) is 39.3 Å². The largest absolute Gasteiger partial charge is 0.353 e. The summed E-state index contributed by atoms with van der Waals surface area (Å²) in [5.74, 6) is 0. The minimum absolute atomic E-state index is 0.0310. The molecule has 1 aliphatic heterocycles. The Hall–Kier alpha value is -0.120. The summed E-state index contributed by atoms with van der Waals surface area (Å²) in [6, 6.07) is 0. The van der Waals surface area contributed by atoms with Crippen LogP contribution in [0.2, 0.25) is 0 Å². The van der Waals surface area contributed by atoms with E-state index in [0.717, 1.165) is 12.8 Å². The van der Waals surface area contributed by atoms with Crippen molar-refractivity contribution in [1.29, 1.82) is 0 Å². The van der Waals surface area contributed by atoms with Gasteiger partial charge < -0.3 is 14.2 Å². The van der Waals surface area contributed by atoms with Gasteiger partial charge in [0.2, 0.25) is 0 Å². The van der Waals surface area contributed by atoms with Gasteiger partial charge in [-0.1, -0.05) is 0 Å². The van der Waals surface area contributed by atoms with Crippen molar-refractivity contribution in [2.75, 3.05) is 13.2 Å². The first-order valence-electron chi connectivity index (χ1n) is 4.25. The molecule has 1 aliphatic rings. The van der Waals surface area contributed by atoms with Crippen LogP contribution in [0.25, 0.3) is 0 Å². The summed E-state index contributed by atoms with van der Waals surface area (Å²) >= 11 is 0. The van der Waals surface area contributed by atoms with E-state index in [0.29, 0.717) is 13.2 Å². The molecule has 0 saturated carbocycles. The first kappa shape index (κ1) is 8.97. The van der Waals surface area contributed by atoms with E-state index in [4.69, 9.17) is 14.2 Å². The summed E-state index contributed by atoms with van der Waals surface area (Å²) in [7, 11) is 0. The van der Waals surface area contributed by atoms with Crippen LogP contribution in [0.4, 0.5) is 0 Å². The van der Waals surface area contributed by atoms with Gasteiger partial charge in [-0.3, -0.25) is 0 Å². The van der Waals surface area contributed by atoms with Gasteiger partial charge in [-0.2, -0.15) is 0 Å². The summed E-state index contributed by atoms with van der Waals surface area (Å²) < 4.78 is 16.0. The van der Waals surface area contributed by atoms with Crippen LogP contribution in [-0.2, 0) is 14.2 Å². The van der Waals surface area contributed by atoms with Gasteiger partial charge in [-0.15, -0.1) is 0 Å². The second-order valence-corrected chi connectivity index (χ2v) is 2.48. The average molecular weight is 160 g/mol. The third-order valence-electron chi connectivity index (χ3n) is 1.65. The lowest BCUT2D eigenvalue weighted by Gasteiger charge is -2.12. The van der Waals surface area contributed by atoms with Crippen LogP contribution < -0.4 is 0 Å².